The van der Waals surface area contributed by atoms with Gasteiger partial charge in [-0.3, -0.25) is 9.36 Å². The van der Waals surface area contributed by atoms with Gasteiger partial charge in [-0.25, -0.2) is 4.98 Å². The van der Waals surface area contributed by atoms with Crippen LogP contribution in [0.4, 0.5) is 0 Å². The van der Waals surface area contributed by atoms with Crippen LogP contribution in [0.25, 0.3) is 22.4 Å². The van der Waals surface area contributed by atoms with Crippen LogP contribution >= 0.6 is 0 Å². The number of hydrogen-bond acceptors (Lipinski definition) is 4. The van der Waals surface area contributed by atoms with E-state index in [0.717, 1.165) is 41.2 Å². The van der Waals surface area contributed by atoms with Crippen LogP contribution in [-0.2, 0) is 13.1 Å². The second kappa shape index (κ2) is 7.23. The Morgan fingerprint density at radius 1 is 0.923 bits per heavy atom. The number of benzene rings is 2. The molecule has 2 aromatic carbocycles. The van der Waals surface area contributed by atoms with E-state index in [2.05, 4.69) is 39.4 Å². The van der Waals surface area contributed by atoms with E-state index in [4.69, 9.17) is 4.74 Å². The zero-order chi connectivity index (χ0) is 17.8. The first kappa shape index (κ1) is 16.1. The Labute approximate surface area is 151 Å². The van der Waals surface area contributed by atoms with Crippen molar-refractivity contribution in [2.24, 2.45) is 0 Å². The molecule has 0 spiro atoms. The van der Waals surface area contributed by atoms with E-state index in [1.165, 1.54) is 6.33 Å². The molecule has 0 saturated carbocycles. The lowest BCUT2D eigenvalue weighted by Gasteiger charge is -2.09. The van der Waals surface area contributed by atoms with Gasteiger partial charge in [-0.15, -0.1) is 0 Å². The summed E-state index contributed by atoms with van der Waals surface area (Å²) in [4.78, 5) is 3.95. The highest BCUT2D eigenvalue weighted by molar-refractivity contribution is 5.75. The van der Waals surface area contributed by atoms with Crippen molar-refractivity contribution in [2.75, 3.05) is 7.11 Å². The monoisotopic (exact) mass is 345 g/mol. The molecule has 0 atom stereocenters. The summed E-state index contributed by atoms with van der Waals surface area (Å²) in [6.07, 6.45) is 5.24. The first-order valence-electron chi connectivity index (χ1n) is 8.43. The van der Waals surface area contributed by atoms with E-state index in [1.807, 2.05) is 41.2 Å². The maximum absolute atomic E-state index is 5.48. The van der Waals surface area contributed by atoms with Crippen LogP contribution in [0, 0.1) is 0 Å². The van der Waals surface area contributed by atoms with E-state index in [0.29, 0.717) is 0 Å². The van der Waals surface area contributed by atoms with Gasteiger partial charge in [0.2, 0.25) is 0 Å². The maximum atomic E-state index is 5.48. The van der Waals surface area contributed by atoms with Crippen molar-refractivity contribution in [1.29, 1.82) is 0 Å². The van der Waals surface area contributed by atoms with Crippen molar-refractivity contribution in [3.63, 3.8) is 0 Å². The van der Waals surface area contributed by atoms with Gasteiger partial charge >= 0.3 is 0 Å². The number of rotatable bonds is 6. The van der Waals surface area contributed by atoms with Gasteiger partial charge in [0.15, 0.2) is 0 Å². The van der Waals surface area contributed by atoms with Gasteiger partial charge in [-0.2, -0.15) is 10.2 Å². The van der Waals surface area contributed by atoms with Gasteiger partial charge in [-0.05, 0) is 23.8 Å². The molecule has 0 aliphatic heterocycles. The third-order valence-corrected chi connectivity index (χ3v) is 4.24. The highest BCUT2D eigenvalue weighted by Gasteiger charge is 2.08. The van der Waals surface area contributed by atoms with E-state index in [9.17, 15) is 0 Å². The molecule has 0 bridgehead atoms. The first-order valence-corrected chi connectivity index (χ1v) is 8.43. The molecule has 4 rings (SSSR count). The summed E-state index contributed by atoms with van der Waals surface area (Å²) >= 11 is 0. The molecule has 2 aromatic heterocycles. The molecule has 6 heteroatoms. The Hall–Kier alpha value is -3.41. The number of hydrogen-bond donors (Lipinski definition) is 0. The molecule has 0 saturated heterocycles. The molecular formula is C20H19N5O. The number of nitrogens with zero attached hydrogens (tertiary/aromatic N) is 5. The van der Waals surface area contributed by atoms with E-state index < -0.39 is 0 Å². The zero-order valence-electron chi connectivity index (χ0n) is 14.5. The van der Waals surface area contributed by atoms with E-state index in [-0.39, 0.29) is 0 Å². The van der Waals surface area contributed by atoms with Crippen molar-refractivity contribution in [1.82, 2.24) is 24.5 Å². The summed E-state index contributed by atoms with van der Waals surface area (Å²) in [6.45, 7) is 1.48. The van der Waals surface area contributed by atoms with Crippen molar-refractivity contribution < 1.29 is 4.74 Å². The van der Waals surface area contributed by atoms with E-state index >= 15 is 0 Å². The molecular weight excluding hydrogens is 326 g/mol. The average Bonchev–Trinajstić information content (AvgIpc) is 3.38. The number of methoxy groups -OCH3 is 1. The second-order valence-electron chi connectivity index (χ2n) is 5.90. The summed E-state index contributed by atoms with van der Waals surface area (Å²) in [6, 6.07) is 18.4. The second-order valence-corrected chi connectivity index (χ2v) is 5.90. The number of para-hydroxylation sites is 1. The first-order chi connectivity index (χ1) is 12.8. The quantitative estimate of drug-likeness (QED) is 0.536. The standard InChI is InChI=1S/C20H19N5O/c1-26-20-8-3-2-7-18(20)16-5-4-6-17(13-16)19-9-10-24(23-19)11-12-25-15-21-14-22-25/h2-10,13-15H,11-12H2,1H3. The third-order valence-electron chi connectivity index (χ3n) is 4.24. The van der Waals surface area contributed by atoms with Crippen LogP contribution in [0.2, 0.25) is 0 Å². The lowest BCUT2D eigenvalue weighted by Crippen LogP contribution is -2.08. The van der Waals surface area contributed by atoms with Crippen LogP contribution in [0.15, 0.2) is 73.4 Å². The van der Waals surface area contributed by atoms with Crippen molar-refractivity contribution in [3.05, 3.63) is 73.4 Å². The fourth-order valence-corrected chi connectivity index (χ4v) is 2.92. The minimum absolute atomic E-state index is 0.738. The Bertz CT molecular complexity index is 991. The third kappa shape index (κ3) is 3.35. The van der Waals surface area contributed by atoms with Gasteiger partial charge in [0.25, 0.3) is 0 Å². The van der Waals surface area contributed by atoms with Gasteiger partial charge < -0.3 is 4.74 Å². The molecule has 2 heterocycles. The number of aryl methyl sites for hydroxylation is 2. The predicted octanol–water partition coefficient (Wildman–Crippen LogP) is 3.52. The maximum Gasteiger partial charge on any atom is 0.137 e. The predicted molar refractivity (Wildman–Crippen MR) is 99.7 cm³/mol. The normalized spacial score (nSPS) is 10.8. The highest BCUT2D eigenvalue weighted by atomic mass is 16.5. The van der Waals surface area contributed by atoms with Crippen molar-refractivity contribution >= 4 is 0 Å². The molecule has 130 valence electrons. The summed E-state index contributed by atoms with van der Waals surface area (Å²) in [5, 5.41) is 8.79. The lowest BCUT2D eigenvalue weighted by molar-refractivity contribution is 0.416. The average molecular weight is 345 g/mol. The van der Waals surface area contributed by atoms with Crippen LogP contribution in [-0.4, -0.2) is 31.7 Å². The van der Waals surface area contributed by atoms with Gasteiger partial charge in [0.1, 0.15) is 18.4 Å². The minimum Gasteiger partial charge on any atom is -0.496 e. The van der Waals surface area contributed by atoms with Crippen LogP contribution in [0.1, 0.15) is 0 Å². The van der Waals surface area contributed by atoms with Crippen molar-refractivity contribution in [2.45, 2.75) is 13.1 Å². The lowest BCUT2D eigenvalue weighted by atomic mass is 10.0. The minimum atomic E-state index is 0.738. The Morgan fingerprint density at radius 2 is 1.77 bits per heavy atom. The largest absolute Gasteiger partial charge is 0.496 e. The molecule has 0 unspecified atom stereocenters. The molecule has 0 aliphatic carbocycles. The van der Waals surface area contributed by atoms with Gasteiger partial charge in [-0.1, -0.05) is 36.4 Å². The summed E-state index contributed by atoms with van der Waals surface area (Å²) in [7, 11) is 1.69. The Kier molecular flexibility index (Phi) is 4.47. The number of aromatic nitrogens is 5. The topological polar surface area (TPSA) is 57.8 Å². The fraction of sp³-hybridized carbons (Fsp3) is 0.150. The molecule has 26 heavy (non-hydrogen) atoms. The summed E-state index contributed by atoms with van der Waals surface area (Å²) < 4.78 is 9.20. The van der Waals surface area contributed by atoms with Crippen LogP contribution in [0.3, 0.4) is 0 Å². The molecule has 0 N–H and O–H groups in total. The molecule has 4 aromatic rings. The summed E-state index contributed by atoms with van der Waals surface area (Å²) in [5.41, 5.74) is 4.20. The molecule has 0 fully saturated rings. The summed E-state index contributed by atoms with van der Waals surface area (Å²) in [5.74, 6) is 0.864. The van der Waals surface area contributed by atoms with Crippen LogP contribution < -0.4 is 4.74 Å². The van der Waals surface area contributed by atoms with Crippen LogP contribution in [0.5, 0.6) is 5.75 Å². The molecule has 0 radical (unpaired) electrons. The molecule has 6 nitrogen and oxygen atoms in total. The zero-order valence-corrected chi connectivity index (χ0v) is 14.5. The molecule has 0 amide bonds. The Balaban J connectivity index is 1.57. The van der Waals surface area contributed by atoms with E-state index in [1.54, 1.807) is 18.1 Å². The smallest absolute Gasteiger partial charge is 0.137 e. The SMILES string of the molecule is COc1ccccc1-c1cccc(-c2ccn(CCn3cncn3)n2)c1. The Morgan fingerprint density at radius 3 is 2.62 bits per heavy atom. The van der Waals surface area contributed by atoms with Crippen molar-refractivity contribution in [3.8, 4) is 28.1 Å². The molecule has 0 aliphatic rings. The highest BCUT2D eigenvalue weighted by Crippen LogP contribution is 2.31. The number of ether oxygens (including phenoxy) is 1. The van der Waals surface area contributed by atoms with Gasteiger partial charge in [0.05, 0.1) is 25.9 Å². The van der Waals surface area contributed by atoms with Gasteiger partial charge in [0, 0.05) is 17.3 Å². The fourth-order valence-electron chi connectivity index (χ4n) is 2.92.